The van der Waals surface area contributed by atoms with Crippen molar-refractivity contribution in [1.82, 2.24) is 5.32 Å². The highest BCUT2D eigenvalue weighted by atomic mass is 32.2. The van der Waals surface area contributed by atoms with Crippen molar-refractivity contribution >= 4 is 17.7 Å². The van der Waals surface area contributed by atoms with Crippen molar-refractivity contribution in [3.05, 3.63) is 0 Å². The molecule has 4 heteroatoms. The van der Waals surface area contributed by atoms with Crippen molar-refractivity contribution in [2.75, 3.05) is 12.0 Å². The van der Waals surface area contributed by atoms with Crippen LogP contribution in [0.1, 0.15) is 26.7 Å². The Morgan fingerprint density at radius 2 is 2.23 bits per heavy atom. The molecule has 3 N–H and O–H groups in total. The summed E-state index contributed by atoms with van der Waals surface area (Å²) in [4.78, 5) is 10.6. The van der Waals surface area contributed by atoms with E-state index in [0.29, 0.717) is 12.5 Å². The lowest BCUT2D eigenvalue weighted by molar-refractivity contribution is -0.118. The molecule has 0 spiro atoms. The smallest absolute Gasteiger partial charge is 0.218 e. The predicted octanol–water partition coefficient (Wildman–Crippen LogP) is 0.981. The molecule has 0 aliphatic rings. The lowest BCUT2D eigenvalue weighted by Gasteiger charge is -2.20. The highest BCUT2D eigenvalue weighted by Crippen LogP contribution is 2.03. The first-order valence-corrected chi connectivity index (χ1v) is 6.02. The summed E-state index contributed by atoms with van der Waals surface area (Å²) < 4.78 is 0. The van der Waals surface area contributed by atoms with E-state index in [4.69, 9.17) is 5.73 Å². The third kappa shape index (κ3) is 6.90. The van der Waals surface area contributed by atoms with E-state index >= 15 is 0 Å². The van der Waals surface area contributed by atoms with Gasteiger partial charge in [0.2, 0.25) is 5.91 Å². The summed E-state index contributed by atoms with van der Waals surface area (Å²) in [5.74, 6) is 0.846. The molecule has 0 aliphatic heterocycles. The van der Waals surface area contributed by atoms with Gasteiger partial charge >= 0.3 is 0 Å². The average molecular weight is 204 g/mol. The van der Waals surface area contributed by atoms with Crippen LogP contribution in [-0.4, -0.2) is 30.0 Å². The average Bonchev–Trinajstić information content (AvgIpc) is 2.02. The van der Waals surface area contributed by atoms with Crippen LogP contribution in [0.2, 0.25) is 0 Å². The molecule has 13 heavy (non-hydrogen) atoms. The second-order valence-electron chi connectivity index (χ2n) is 3.30. The lowest BCUT2D eigenvalue weighted by Crippen LogP contribution is -2.39. The number of rotatable bonds is 7. The molecule has 0 saturated heterocycles. The van der Waals surface area contributed by atoms with Crippen molar-refractivity contribution in [1.29, 1.82) is 0 Å². The number of nitrogens with one attached hydrogen (secondary N) is 1. The summed E-state index contributed by atoms with van der Waals surface area (Å²) >= 11 is 1.82. The zero-order valence-corrected chi connectivity index (χ0v) is 9.49. The first-order valence-electron chi connectivity index (χ1n) is 4.63. The quantitative estimate of drug-likeness (QED) is 0.650. The normalized spacial score (nSPS) is 15.3. The first-order chi connectivity index (χ1) is 6.10. The van der Waals surface area contributed by atoms with Gasteiger partial charge < -0.3 is 11.1 Å². The summed E-state index contributed by atoms with van der Waals surface area (Å²) in [5, 5.41) is 3.38. The van der Waals surface area contributed by atoms with Crippen molar-refractivity contribution in [2.24, 2.45) is 5.73 Å². The molecule has 3 nitrogen and oxygen atoms in total. The molecule has 0 radical (unpaired) electrons. The number of hydrogen-bond donors (Lipinski definition) is 2. The van der Waals surface area contributed by atoms with Crippen LogP contribution in [0.25, 0.3) is 0 Å². The molecule has 0 aromatic carbocycles. The predicted molar refractivity (Wildman–Crippen MR) is 58.9 cm³/mol. The van der Waals surface area contributed by atoms with E-state index in [9.17, 15) is 4.79 Å². The minimum absolute atomic E-state index is 0.189. The van der Waals surface area contributed by atoms with E-state index in [1.54, 1.807) is 0 Å². The number of carbonyl (C=O) groups is 1. The fourth-order valence-electron chi connectivity index (χ4n) is 1.25. The number of thioether (sulfide) groups is 1. The molecule has 1 amide bonds. The van der Waals surface area contributed by atoms with Crippen LogP contribution in [0, 0.1) is 0 Å². The molecule has 78 valence electrons. The van der Waals surface area contributed by atoms with Crippen molar-refractivity contribution in [2.45, 2.75) is 38.8 Å². The fraction of sp³-hybridized carbons (Fsp3) is 0.889. The highest BCUT2D eigenvalue weighted by molar-refractivity contribution is 7.98. The van der Waals surface area contributed by atoms with Crippen LogP contribution in [0.15, 0.2) is 0 Å². The number of carbonyl (C=O) groups excluding carboxylic acids is 1. The Kier molecular flexibility index (Phi) is 7.09. The minimum atomic E-state index is -0.237. The molecular formula is C9H20N2OS. The van der Waals surface area contributed by atoms with Gasteiger partial charge in [0.05, 0.1) is 0 Å². The third-order valence-corrected chi connectivity index (χ3v) is 2.62. The molecule has 0 aromatic rings. The largest absolute Gasteiger partial charge is 0.370 e. The van der Waals surface area contributed by atoms with E-state index in [0.717, 1.165) is 12.2 Å². The van der Waals surface area contributed by atoms with Crippen LogP contribution >= 0.6 is 11.8 Å². The first kappa shape index (κ1) is 12.8. The van der Waals surface area contributed by atoms with E-state index in [2.05, 4.69) is 18.5 Å². The van der Waals surface area contributed by atoms with E-state index in [1.165, 1.54) is 0 Å². The van der Waals surface area contributed by atoms with Gasteiger partial charge in [0.15, 0.2) is 0 Å². The van der Waals surface area contributed by atoms with Gasteiger partial charge in [-0.1, -0.05) is 6.92 Å². The Morgan fingerprint density at radius 3 is 2.62 bits per heavy atom. The number of nitrogens with two attached hydrogens (primary N) is 1. The lowest BCUT2D eigenvalue weighted by atomic mass is 10.2. The summed E-state index contributed by atoms with van der Waals surface area (Å²) in [6, 6.07) is 0.680. The fourth-order valence-corrected chi connectivity index (χ4v) is 1.98. The van der Waals surface area contributed by atoms with Crippen molar-refractivity contribution < 1.29 is 4.79 Å². The van der Waals surface area contributed by atoms with Gasteiger partial charge in [0, 0.05) is 24.3 Å². The van der Waals surface area contributed by atoms with Gasteiger partial charge in [-0.05, 0) is 19.6 Å². The SMILES string of the molecule is CCC(CSC)NC(C)CC(N)=O. The van der Waals surface area contributed by atoms with Gasteiger partial charge in [-0.2, -0.15) is 11.8 Å². The second kappa shape index (κ2) is 7.21. The second-order valence-corrected chi connectivity index (χ2v) is 4.21. The monoisotopic (exact) mass is 204 g/mol. The highest BCUT2D eigenvalue weighted by Gasteiger charge is 2.11. The van der Waals surface area contributed by atoms with Crippen LogP contribution in [-0.2, 0) is 4.79 Å². The maximum atomic E-state index is 10.6. The third-order valence-electron chi connectivity index (χ3n) is 1.89. The maximum absolute atomic E-state index is 10.6. The summed E-state index contributed by atoms with van der Waals surface area (Å²) in [6.07, 6.45) is 3.60. The topological polar surface area (TPSA) is 55.1 Å². The maximum Gasteiger partial charge on any atom is 0.218 e. The standard InChI is InChI=1S/C9H20N2OS/c1-4-8(6-13-3)11-7(2)5-9(10)12/h7-8,11H,4-6H2,1-3H3,(H2,10,12). The Morgan fingerprint density at radius 1 is 1.62 bits per heavy atom. The summed E-state index contributed by atoms with van der Waals surface area (Å²) in [6.45, 7) is 4.14. The molecular weight excluding hydrogens is 184 g/mol. The molecule has 0 heterocycles. The molecule has 0 rings (SSSR count). The van der Waals surface area contributed by atoms with Gasteiger partial charge in [0.1, 0.15) is 0 Å². The minimum Gasteiger partial charge on any atom is -0.370 e. The zero-order chi connectivity index (χ0) is 10.3. The Bertz CT molecular complexity index is 153. The molecule has 2 unspecified atom stereocenters. The molecule has 0 aromatic heterocycles. The van der Waals surface area contributed by atoms with Gasteiger partial charge in [-0.15, -0.1) is 0 Å². The van der Waals surface area contributed by atoms with E-state index in [-0.39, 0.29) is 11.9 Å². The Labute approximate surface area is 84.8 Å². The number of primary amides is 1. The molecule has 0 bridgehead atoms. The molecule has 0 aliphatic carbocycles. The van der Waals surface area contributed by atoms with Crippen LogP contribution in [0.3, 0.4) is 0 Å². The van der Waals surface area contributed by atoms with Crippen LogP contribution in [0.5, 0.6) is 0 Å². The number of amides is 1. The van der Waals surface area contributed by atoms with Gasteiger partial charge in [0.25, 0.3) is 0 Å². The summed E-state index contributed by atoms with van der Waals surface area (Å²) in [7, 11) is 0. The van der Waals surface area contributed by atoms with Crippen LogP contribution < -0.4 is 11.1 Å². The number of hydrogen-bond acceptors (Lipinski definition) is 3. The van der Waals surface area contributed by atoms with Crippen molar-refractivity contribution in [3.8, 4) is 0 Å². The molecule has 2 atom stereocenters. The van der Waals surface area contributed by atoms with Gasteiger partial charge in [-0.3, -0.25) is 4.79 Å². The van der Waals surface area contributed by atoms with Crippen LogP contribution in [0.4, 0.5) is 0 Å². The van der Waals surface area contributed by atoms with Crippen molar-refractivity contribution in [3.63, 3.8) is 0 Å². The molecule has 0 fully saturated rings. The van der Waals surface area contributed by atoms with E-state index in [1.807, 2.05) is 18.7 Å². The Hall–Kier alpha value is -0.220. The zero-order valence-electron chi connectivity index (χ0n) is 8.67. The Balaban J connectivity index is 3.72. The van der Waals surface area contributed by atoms with E-state index < -0.39 is 0 Å². The summed E-state index contributed by atoms with van der Waals surface area (Å²) in [5.41, 5.74) is 5.10. The molecule has 0 saturated carbocycles. The van der Waals surface area contributed by atoms with Gasteiger partial charge in [-0.25, -0.2) is 0 Å².